The lowest BCUT2D eigenvalue weighted by Crippen LogP contribution is -2.01. The van der Waals surface area contributed by atoms with Crippen LogP contribution in [0.4, 0.5) is 0 Å². The van der Waals surface area contributed by atoms with Crippen LogP contribution in [0.25, 0.3) is 22.0 Å². The van der Waals surface area contributed by atoms with Crippen LogP contribution in [-0.4, -0.2) is 19.2 Å². The molecule has 4 aromatic rings. The van der Waals surface area contributed by atoms with E-state index in [2.05, 4.69) is 17.1 Å². The molecule has 0 atom stereocenters. The molecule has 6 heteroatoms. The molecule has 0 amide bonds. The van der Waals surface area contributed by atoms with Crippen molar-refractivity contribution in [3.05, 3.63) is 106 Å². The smallest absolute Gasteiger partial charge is 0.206 e. The molecule has 1 aliphatic rings. The van der Waals surface area contributed by atoms with E-state index in [1.807, 2.05) is 44.2 Å². The minimum absolute atomic E-state index is 0.262. The van der Waals surface area contributed by atoms with Crippen molar-refractivity contribution in [2.24, 2.45) is 0 Å². The number of hydrogen-bond acceptors (Lipinski definition) is 4. The second kappa shape index (κ2) is 8.68. The molecule has 3 aromatic carbocycles. The van der Waals surface area contributed by atoms with Gasteiger partial charge in [0.1, 0.15) is 6.07 Å². The molecule has 1 aliphatic heterocycles. The molecular formula is C28H22N2O2S2. The van der Waals surface area contributed by atoms with E-state index >= 15 is 0 Å². The van der Waals surface area contributed by atoms with E-state index in [-0.39, 0.29) is 9.79 Å². The van der Waals surface area contributed by atoms with Crippen LogP contribution in [0.2, 0.25) is 0 Å². The molecule has 0 saturated carbocycles. The van der Waals surface area contributed by atoms with Gasteiger partial charge in [-0.2, -0.15) is 5.26 Å². The Balaban J connectivity index is 1.57. The molecule has 34 heavy (non-hydrogen) atoms. The number of hydrogen-bond donors (Lipinski definition) is 1. The predicted octanol–water partition coefficient (Wildman–Crippen LogP) is 6.68. The van der Waals surface area contributed by atoms with E-state index < -0.39 is 9.84 Å². The van der Waals surface area contributed by atoms with Crippen molar-refractivity contribution in [3.63, 3.8) is 0 Å². The van der Waals surface area contributed by atoms with E-state index in [0.29, 0.717) is 5.57 Å². The summed E-state index contributed by atoms with van der Waals surface area (Å²) in [7, 11) is -3.61. The molecule has 0 saturated heterocycles. The Labute approximate surface area is 203 Å². The van der Waals surface area contributed by atoms with Gasteiger partial charge in [0.2, 0.25) is 9.84 Å². The minimum Gasteiger partial charge on any atom is -0.355 e. The molecule has 0 bridgehead atoms. The van der Waals surface area contributed by atoms with Gasteiger partial charge in [0.15, 0.2) is 0 Å². The van der Waals surface area contributed by atoms with Crippen LogP contribution < -0.4 is 0 Å². The average Bonchev–Trinajstić information content (AvgIpc) is 3.47. The van der Waals surface area contributed by atoms with E-state index in [1.54, 1.807) is 54.2 Å². The van der Waals surface area contributed by atoms with Crippen LogP contribution in [0.1, 0.15) is 22.4 Å². The minimum atomic E-state index is -3.61. The molecule has 0 aliphatic carbocycles. The highest BCUT2D eigenvalue weighted by Crippen LogP contribution is 2.43. The molecule has 0 fully saturated rings. The van der Waals surface area contributed by atoms with Gasteiger partial charge in [0.25, 0.3) is 0 Å². The number of aromatic amines is 1. The molecular weight excluding hydrogens is 460 g/mol. The van der Waals surface area contributed by atoms with E-state index in [0.717, 1.165) is 49.5 Å². The van der Waals surface area contributed by atoms with Crippen LogP contribution in [0, 0.1) is 25.2 Å². The molecule has 4 nitrogen and oxygen atoms in total. The monoisotopic (exact) mass is 482 g/mol. The maximum Gasteiger partial charge on any atom is 0.206 e. The number of benzene rings is 3. The summed E-state index contributed by atoms with van der Waals surface area (Å²) in [5.74, 6) is 0.782. The standard InChI is InChI=1S/C28H22N2O2S2/c1-18-7-9-21(10-8-18)34(31,32)22-11-12-26-20(15-22)16-27(30-26)24-13-14-33-28(24)25(17-29)23-6-4-3-5-19(23)2/h3-13,15-16,30H,14H2,1-2H3. The van der Waals surface area contributed by atoms with Crippen LogP contribution >= 0.6 is 11.8 Å². The fourth-order valence-electron chi connectivity index (χ4n) is 4.18. The maximum absolute atomic E-state index is 13.2. The van der Waals surface area contributed by atoms with Gasteiger partial charge in [0.05, 0.1) is 15.4 Å². The number of aryl methyl sites for hydroxylation is 2. The Hall–Kier alpha value is -3.53. The lowest BCUT2D eigenvalue weighted by atomic mass is 9.98. The van der Waals surface area contributed by atoms with Crippen molar-refractivity contribution in [1.29, 1.82) is 5.26 Å². The summed E-state index contributed by atoms with van der Waals surface area (Å²) in [5, 5.41) is 10.8. The van der Waals surface area contributed by atoms with Gasteiger partial charge < -0.3 is 4.98 Å². The lowest BCUT2D eigenvalue weighted by molar-refractivity contribution is 0.596. The van der Waals surface area contributed by atoms with E-state index in [9.17, 15) is 13.7 Å². The van der Waals surface area contributed by atoms with Crippen molar-refractivity contribution in [2.45, 2.75) is 23.6 Å². The lowest BCUT2D eigenvalue weighted by Gasteiger charge is -2.10. The zero-order valence-corrected chi connectivity index (χ0v) is 20.4. The first-order valence-electron chi connectivity index (χ1n) is 10.9. The van der Waals surface area contributed by atoms with Crippen LogP contribution in [0.5, 0.6) is 0 Å². The maximum atomic E-state index is 13.2. The van der Waals surface area contributed by atoms with Crippen molar-refractivity contribution in [2.75, 3.05) is 5.75 Å². The number of H-pyrrole nitrogens is 1. The number of nitriles is 1. The highest BCUT2D eigenvalue weighted by Gasteiger charge is 2.23. The Kier molecular flexibility index (Phi) is 5.68. The quantitative estimate of drug-likeness (QED) is 0.329. The van der Waals surface area contributed by atoms with Crippen molar-refractivity contribution >= 4 is 43.6 Å². The summed E-state index contributed by atoms with van der Waals surface area (Å²) < 4.78 is 26.3. The molecule has 0 radical (unpaired) electrons. The van der Waals surface area contributed by atoms with Gasteiger partial charge in [-0.05, 0) is 61.4 Å². The van der Waals surface area contributed by atoms with Gasteiger partial charge >= 0.3 is 0 Å². The number of fused-ring (bicyclic) bond motifs is 1. The highest BCUT2D eigenvalue weighted by atomic mass is 32.2. The SMILES string of the molecule is Cc1ccc(S(=O)(=O)c2ccc3[nH]c(C4=CCSC4=C(C#N)c4ccccc4C)cc3c2)cc1. The average molecular weight is 483 g/mol. The largest absolute Gasteiger partial charge is 0.355 e. The van der Waals surface area contributed by atoms with Crippen LogP contribution in [0.15, 0.2) is 93.6 Å². The Morgan fingerprint density at radius 1 is 0.971 bits per heavy atom. The Morgan fingerprint density at radius 3 is 2.44 bits per heavy atom. The molecule has 0 unspecified atom stereocenters. The highest BCUT2D eigenvalue weighted by molar-refractivity contribution is 8.04. The summed E-state index contributed by atoms with van der Waals surface area (Å²) in [6, 6.07) is 24.3. The number of thioether (sulfide) groups is 1. The third kappa shape index (κ3) is 3.87. The Morgan fingerprint density at radius 2 is 1.71 bits per heavy atom. The Bertz CT molecular complexity index is 1630. The molecule has 1 N–H and O–H groups in total. The van der Waals surface area contributed by atoms with Gasteiger partial charge in [-0.15, -0.1) is 11.8 Å². The van der Waals surface area contributed by atoms with Crippen LogP contribution in [0.3, 0.4) is 0 Å². The first-order chi connectivity index (χ1) is 16.4. The fraction of sp³-hybridized carbons (Fsp3) is 0.107. The zero-order chi connectivity index (χ0) is 23.9. The molecule has 5 rings (SSSR count). The summed E-state index contributed by atoms with van der Waals surface area (Å²) in [6.45, 7) is 3.94. The summed E-state index contributed by atoms with van der Waals surface area (Å²) in [5.41, 5.74) is 6.37. The fourth-order valence-corrected chi connectivity index (χ4v) is 6.54. The molecule has 1 aromatic heterocycles. The predicted molar refractivity (Wildman–Crippen MR) is 139 cm³/mol. The first-order valence-corrected chi connectivity index (χ1v) is 13.3. The number of allylic oxidation sites excluding steroid dienone is 2. The van der Waals surface area contributed by atoms with Crippen molar-refractivity contribution in [3.8, 4) is 6.07 Å². The molecule has 168 valence electrons. The number of aromatic nitrogens is 1. The summed E-state index contributed by atoms with van der Waals surface area (Å²) >= 11 is 1.65. The first kappa shape index (κ1) is 22.3. The third-order valence-electron chi connectivity index (χ3n) is 6.04. The normalized spacial score (nSPS) is 15.3. The number of sulfone groups is 1. The van der Waals surface area contributed by atoms with Gasteiger partial charge in [-0.25, -0.2) is 8.42 Å². The van der Waals surface area contributed by atoms with Gasteiger partial charge in [-0.3, -0.25) is 0 Å². The zero-order valence-electron chi connectivity index (χ0n) is 18.8. The number of nitrogens with one attached hydrogen (secondary N) is 1. The van der Waals surface area contributed by atoms with Crippen molar-refractivity contribution < 1.29 is 8.42 Å². The summed E-state index contributed by atoms with van der Waals surface area (Å²) in [6.07, 6.45) is 2.12. The topological polar surface area (TPSA) is 73.7 Å². The van der Waals surface area contributed by atoms with Gasteiger partial charge in [-0.1, -0.05) is 48.0 Å². The van der Waals surface area contributed by atoms with E-state index in [4.69, 9.17) is 0 Å². The van der Waals surface area contributed by atoms with Crippen molar-refractivity contribution in [1.82, 2.24) is 4.98 Å². The van der Waals surface area contributed by atoms with Crippen LogP contribution in [-0.2, 0) is 9.84 Å². The summed E-state index contributed by atoms with van der Waals surface area (Å²) in [4.78, 5) is 4.90. The second-order valence-electron chi connectivity index (χ2n) is 8.31. The second-order valence-corrected chi connectivity index (χ2v) is 11.3. The van der Waals surface area contributed by atoms with Gasteiger partial charge in [0, 0.05) is 32.8 Å². The van der Waals surface area contributed by atoms with E-state index in [1.165, 1.54) is 0 Å². The molecule has 0 spiro atoms. The molecule has 2 heterocycles. The number of nitrogens with zero attached hydrogens (tertiary/aromatic N) is 1. The number of rotatable bonds is 4. The third-order valence-corrected chi connectivity index (χ3v) is 8.85.